The molecular weight excluding hydrogens is 628 g/mol. The first-order valence-corrected chi connectivity index (χ1v) is 12.3. The lowest BCUT2D eigenvalue weighted by Gasteiger charge is -2.12. The van der Waals surface area contributed by atoms with Crippen LogP contribution in [0.2, 0.25) is 0 Å². The molecule has 0 radical (unpaired) electrons. The van der Waals surface area contributed by atoms with E-state index >= 15 is 0 Å². The van der Waals surface area contributed by atoms with Crippen LogP contribution in [-0.4, -0.2) is 43.9 Å². The van der Waals surface area contributed by atoms with Gasteiger partial charge in [-0.2, -0.15) is 18.3 Å². The Balaban J connectivity index is 1.57. The quantitative estimate of drug-likeness (QED) is 0.141. The third-order valence-electron chi connectivity index (χ3n) is 4.55. The zero-order valence-corrected chi connectivity index (χ0v) is 22.4. The van der Waals surface area contributed by atoms with E-state index < -0.39 is 23.6 Å². The van der Waals surface area contributed by atoms with Crippen LogP contribution in [0.4, 0.5) is 24.0 Å². The monoisotopic (exact) mass is 648 g/mol. The van der Waals surface area contributed by atoms with E-state index in [1.54, 1.807) is 17.5 Å². The van der Waals surface area contributed by atoms with Crippen molar-refractivity contribution in [2.24, 2.45) is 5.10 Å². The number of alkyl halides is 3. The van der Waals surface area contributed by atoms with Crippen molar-refractivity contribution >= 4 is 62.8 Å². The second-order valence-corrected chi connectivity index (χ2v) is 9.24. The highest BCUT2D eigenvalue weighted by Crippen LogP contribution is 2.34. The molecule has 0 saturated heterocycles. The first kappa shape index (κ1) is 28.2. The number of amides is 1. The van der Waals surface area contributed by atoms with Crippen LogP contribution in [0.5, 0.6) is 11.5 Å². The van der Waals surface area contributed by atoms with Crippen molar-refractivity contribution in [3.63, 3.8) is 0 Å². The third-order valence-corrected chi connectivity index (χ3v) is 6.16. The molecule has 37 heavy (non-hydrogen) atoms. The van der Waals surface area contributed by atoms with Crippen LogP contribution in [0.15, 0.2) is 46.9 Å². The van der Waals surface area contributed by atoms with E-state index in [4.69, 9.17) is 9.47 Å². The number of halogens is 4. The van der Waals surface area contributed by atoms with E-state index in [9.17, 15) is 22.8 Å². The van der Waals surface area contributed by atoms with E-state index in [0.29, 0.717) is 31.5 Å². The summed E-state index contributed by atoms with van der Waals surface area (Å²) in [5.41, 5.74) is 2.88. The largest absolute Gasteiger partial charge is 0.493 e. The summed E-state index contributed by atoms with van der Waals surface area (Å²) in [7, 11) is 2.70. The Bertz CT molecular complexity index is 1300. The summed E-state index contributed by atoms with van der Waals surface area (Å²) < 4.78 is 54.6. The molecule has 3 aromatic rings. The van der Waals surface area contributed by atoms with Gasteiger partial charge in [-0.3, -0.25) is 4.79 Å². The van der Waals surface area contributed by atoms with Gasteiger partial charge >= 0.3 is 12.1 Å². The predicted molar refractivity (Wildman–Crippen MR) is 140 cm³/mol. The maximum atomic E-state index is 12.9. The Labute approximate surface area is 227 Å². The molecule has 0 aliphatic carbocycles. The molecule has 14 heteroatoms. The zero-order valence-electron chi connectivity index (χ0n) is 19.4. The average molecular weight is 648 g/mol. The molecule has 2 aromatic carbocycles. The molecule has 2 N–H and O–H groups in total. The number of thiazole rings is 1. The Morgan fingerprint density at radius 1 is 1.22 bits per heavy atom. The molecule has 0 atom stereocenters. The lowest BCUT2D eigenvalue weighted by Crippen LogP contribution is -2.20. The summed E-state index contributed by atoms with van der Waals surface area (Å²) in [5.74, 6) is -0.239. The Hall–Kier alpha value is -3.40. The number of anilines is 2. The number of carbonyl (C=O) groups is 2. The Kier molecular flexibility index (Phi) is 9.68. The van der Waals surface area contributed by atoms with Gasteiger partial charge in [-0.25, -0.2) is 15.2 Å². The molecule has 3 rings (SSSR count). The minimum Gasteiger partial charge on any atom is -0.493 e. The van der Waals surface area contributed by atoms with Crippen molar-refractivity contribution in [2.75, 3.05) is 26.1 Å². The zero-order chi connectivity index (χ0) is 27.0. The molecule has 9 nitrogen and oxygen atoms in total. The van der Waals surface area contributed by atoms with Gasteiger partial charge in [0.2, 0.25) is 5.91 Å². The number of carbonyl (C=O) groups excluding carboxylic acids is 2. The van der Waals surface area contributed by atoms with E-state index in [2.05, 4.69) is 25.6 Å². The van der Waals surface area contributed by atoms with Crippen LogP contribution in [0.25, 0.3) is 0 Å². The number of hydrazone groups is 1. The van der Waals surface area contributed by atoms with Crippen molar-refractivity contribution in [1.29, 1.82) is 0 Å². The van der Waals surface area contributed by atoms with Crippen molar-refractivity contribution in [3.05, 3.63) is 62.2 Å². The second kappa shape index (κ2) is 12.7. The Morgan fingerprint density at radius 2 is 2.00 bits per heavy atom. The molecule has 1 amide bonds. The van der Waals surface area contributed by atoms with Gasteiger partial charge in [-0.05, 0) is 58.5 Å². The summed E-state index contributed by atoms with van der Waals surface area (Å²) in [6, 6.07) is 8.09. The standard InChI is InChI=1S/C23H20F3IN4O5S/c1-34-18-7-13(6-17(27)21(18)36-11-20(33)35-2)10-28-31-19(32)9-16-12-37-22(30-16)29-15-5-3-4-14(8-15)23(24,25)26/h3-8,10,12H,9,11H2,1-2H3,(H,29,30)(H,31,32)/b28-10-. The predicted octanol–water partition coefficient (Wildman–Crippen LogP) is 4.76. The number of nitrogens with zero attached hydrogens (tertiary/aromatic N) is 2. The SMILES string of the molecule is COC(=O)COc1c(I)cc(/C=N\NC(=O)Cc2csc(Nc3cccc(C(F)(F)F)c3)n2)cc1OC. The summed E-state index contributed by atoms with van der Waals surface area (Å²) >= 11 is 3.17. The fourth-order valence-electron chi connectivity index (χ4n) is 2.87. The van der Waals surface area contributed by atoms with Gasteiger partial charge in [0, 0.05) is 11.1 Å². The molecule has 0 fully saturated rings. The molecule has 196 valence electrons. The number of hydrogen-bond acceptors (Lipinski definition) is 9. The highest BCUT2D eigenvalue weighted by atomic mass is 127. The third kappa shape index (κ3) is 8.31. The highest BCUT2D eigenvalue weighted by molar-refractivity contribution is 14.1. The minimum atomic E-state index is -4.45. The van der Waals surface area contributed by atoms with Gasteiger partial charge in [-0.1, -0.05) is 6.07 Å². The fraction of sp³-hybridized carbons (Fsp3) is 0.217. The number of hydrogen-bond donors (Lipinski definition) is 2. The van der Waals surface area contributed by atoms with Crippen molar-refractivity contribution in [2.45, 2.75) is 12.6 Å². The molecule has 0 aliphatic heterocycles. The van der Waals surface area contributed by atoms with Crippen molar-refractivity contribution in [3.8, 4) is 11.5 Å². The normalized spacial score (nSPS) is 11.3. The highest BCUT2D eigenvalue weighted by Gasteiger charge is 2.30. The van der Waals surface area contributed by atoms with Crippen LogP contribution < -0.4 is 20.2 Å². The van der Waals surface area contributed by atoms with E-state index in [1.807, 2.05) is 22.6 Å². The molecule has 0 spiro atoms. The number of nitrogens with one attached hydrogen (secondary N) is 2. The van der Waals surface area contributed by atoms with Crippen molar-refractivity contribution < 1.29 is 37.0 Å². The maximum absolute atomic E-state index is 12.9. The number of benzene rings is 2. The maximum Gasteiger partial charge on any atom is 0.416 e. The number of methoxy groups -OCH3 is 2. The smallest absolute Gasteiger partial charge is 0.416 e. The topological polar surface area (TPSA) is 111 Å². The van der Waals surface area contributed by atoms with Crippen LogP contribution in [0, 0.1) is 3.57 Å². The fourth-order valence-corrected chi connectivity index (χ4v) is 4.38. The first-order chi connectivity index (χ1) is 17.6. The summed E-state index contributed by atoms with van der Waals surface area (Å²) in [4.78, 5) is 27.8. The number of rotatable bonds is 10. The Morgan fingerprint density at radius 3 is 2.70 bits per heavy atom. The molecule has 0 bridgehead atoms. The lowest BCUT2D eigenvalue weighted by atomic mass is 10.2. The van der Waals surface area contributed by atoms with Crippen LogP contribution in [0.3, 0.4) is 0 Å². The molecule has 1 aromatic heterocycles. The summed E-state index contributed by atoms with van der Waals surface area (Å²) in [5, 5.41) is 8.72. The van der Waals surface area contributed by atoms with Gasteiger partial charge < -0.3 is 19.5 Å². The van der Waals surface area contributed by atoms with E-state index in [1.165, 1.54) is 32.6 Å². The van der Waals surface area contributed by atoms with Gasteiger partial charge in [0.15, 0.2) is 23.2 Å². The first-order valence-electron chi connectivity index (χ1n) is 10.4. The average Bonchev–Trinajstić information content (AvgIpc) is 3.28. The lowest BCUT2D eigenvalue weighted by molar-refractivity contribution is -0.143. The minimum absolute atomic E-state index is 0.0841. The van der Waals surface area contributed by atoms with Crippen molar-refractivity contribution in [1.82, 2.24) is 10.4 Å². The van der Waals surface area contributed by atoms with Gasteiger partial charge in [0.1, 0.15) is 0 Å². The van der Waals surface area contributed by atoms with E-state index in [-0.39, 0.29) is 18.7 Å². The number of esters is 1. The molecule has 0 aliphatic rings. The summed E-state index contributed by atoms with van der Waals surface area (Å²) in [6.45, 7) is -0.278. The molecule has 0 saturated carbocycles. The van der Waals surface area contributed by atoms with E-state index in [0.717, 1.165) is 23.5 Å². The van der Waals surface area contributed by atoms with Gasteiger partial charge in [0.25, 0.3) is 0 Å². The number of aromatic nitrogens is 1. The van der Waals surface area contributed by atoms with Gasteiger partial charge in [0.05, 0.1) is 41.7 Å². The van der Waals surface area contributed by atoms with Gasteiger partial charge in [-0.15, -0.1) is 11.3 Å². The molecule has 0 unspecified atom stereocenters. The van der Waals surface area contributed by atoms with Crippen LogP contribution in [-0.2, 0) is 26.9 Å². The molecule has 1 heterocycles. The summed E-state index contributed by atoms with van der Waals surface area (Å²) in [6.07, 6.45) is -3.12. The molecular formula is C23H20F3IN4O5S. The number of ether oxygens (including phenoxy) is 3. The second-order valence-electron chi connectivity index (χ2n) is 7.22. The van der Waals surface area contributed by atoms with Crippen LogP contribution in [0.1, 0.15) is 16.8 Å². The van der Waals surface area contributed by atoms with Crippen LogP contribution >= 0.6 is 33.9 Å².